The van der Waals surface area contributed by atoms with E-state index in [0.717, 1.165) is 0 Å². The highest BCUT2D eigenvalue weighted by molar-refractivity contribution is 7.98. The summed E-state index contributed by atoms with van der Waals surface area (Å²) in [6, 6.07) is 7.18. The first-order valence-electron chi connectivity index (χ1n) is 7.93. The molecule has 0 aliphatic carbocycles. The fourth-order valence-corrected chi connectivity index (χ4v) is 3.71. The van der Waals surface area contributed by atoms with Crippen LogP contribution >= 0.6 is 23.1 Å². The first-order chi connectivity index (χ1) is 13.1. The van der Waals surface area contributed by atoms with Gasteiger partial charge in [0.05, 0.1) is 5.69 Å². The van der Waals surface area contributed by atoms with Crippen LogP contribution in [0, 0.1) is 5.82 Å². The summed E-state index contributed by atoms with van der Waals surface area (Å²) in [7, 11) is 0. The van der Waals surface area contributed by atoms with E-state index in [1.165, 1.54) is 57.8 Å². The quantitative estimate of drug-likeness (QED) is 0.453. The van der Waals surface area contributed by atoms with Crippen LogP contribution in [0.1, 0.15) is 24.6 Å². The van der Waals surface area contributed by atoms with E-state index in [1.54, 1.807) is 13.1 Å². The molecule has 3 heterocycles. The van der Waals surface area contributed by atoms with Gasteiger partial charge in [-0.1, -0.05) is 11.8 Å². The maximum Gasteiger partial charge on any atom is 0.277 e. The van der Waals surface area contributed by atoms with Crippen LogP contribution in [0.25, 0.3) is 4.96 Å². The van der Waals surface area contributed by atoms with Crippen LogP contribution in [0.4, 0.5) is 4.39 Å². The Morgan fingerprint density at radius 1 is 1.33 bits per heavy atom. The van der Waals surface area contributed by atoms with Crippen molar-refractivity contribution in [3.63, 3.8) is 0 Å². The Hall–Kier alpha value is -2.72. The van der Waals surface area contributed by atoms with Crippen LogP contribution in [0.15, 0.2) is 56.3 Å². The molecule has 1 aromatic carbocycles. The summed E-state index contributed by atoms with van der Waals surface area (Å²) in [5.74, 6) is 0.910. The van der Waals surface area contributed by atoms with Crippen molar-refractivity contribution in [2.75, 3.05) is 0 Å². The van der Waals surface area contributed by atoms with Crippen LogP contribution in [0.5, 0.6) is 5.75 Å². The molecule has 0 saturated heterocycles. The standard InChI is InChI=1S/C17H13FN4O3S2/c1-10(24-13-4-2-11(18)3-5-13)15-20-21-17(25-15)27-9-12-8-14(23)22-6-7-26-16(22)19-12/h2-8,10H,9H2,1H3/t10-/m1/s1. The van der Waals surface area contributed by atoms with E-state index in [4.69, 9.17) is 9.15 Å². The zero-order valence-electron chi connectivity index (χ0n) is 14.0. The highest BCUT2D eigenvalue weighted by Crippen LogP contribution is 2.25. The number of halogens is 1. The molecule has 0 radical (unpaired) electrons. The van der Waals surface area contributed by atoms with Crippen LogP contribution < -0.4 is 10.3 Å². The lowest BCUT2D eigenvalue weighted by Crippen LogP contribution is -2.12. The van der Waals surface area contributed by atoms with Gasteiger partial charge in [0.25, 0.3) is 16.7 Å². The Morgan fingerprint density at radius 3 is 2.96 bits per heavy atom. The molecule has 0 aliphatic heterocycles. The minimum Gasteiger partial charge on any atom is -0.481 e. The summed E-state index contributed by atoms with van der Waals surface area (Å²) in [6.07, 6.45) is 1.21. The summed E-state index contributed by atoms with van der Waals surface area (Å²) < 4.78 is 25.7. The van der Waals surface area contributed by atoms with Gasteiger partial charge < -0.3 is 9.15 Å². The molecular weight excluding hydrogens is 391 g/mol. The third kappa shape index (κ3) is 4.01. The maximum atomic E-state index is 12.9. The molecule has 0 fully saturated rings. The predicted molar refractivity (Wildman–Crippen MR) is 98.6 cm³/mol. The van der Waals surface area contributed by atoms with Gasteiger partial charge in [0.2, 0.25) is 0 Å². The summed E-state index contributed by atoms with van der Waals surface area (Å²) in [5, 5.41) is 10.1. The van der Waals surface area contributed by atoms with Crippen molar-refractivity contribution in [3.8, 4) is 5.75 Å². The first kappa shape index (κ1) is 17.7. The van der Waals surface area contributed by atoms with Crippen LogP contribution in [0.2, 0.25) is 0 Å². The van der Waals surface area contributed by atoms with Crippen molar-refractivity contribution < 1.29 is 13.5 Å². The van der Waals surface area contributed by atoms with E-state index in [2.05, 4.69) is 15.2 Å². The molecule has 0 aliphatic rings. The van der Waals surface area contributed by atoms with Gasteiger partial charge in [-0.05, 0) is 31.2 Å². The minimum atomic E-state index is -0.484. The number of thiazole rings is 1. The van der Waals surface area contributed by atoms with E-state index >= 15 is 0 Å². The van der Waals surface area contributed by atoms with E-state index in [9.17, 15) is 9.18 Å². The lowest BCUT2D eigenvalue weighted by Gasteiger charge is -2.10. The monoisotopic (exact) mass is 404 g/mol. The lowest BCUT2D eigenvalue weighted by atomic mass is 10.3. The highest BCUT2D eigenvalue weighted by atomic mass is 32.2. The Morgan fingerprint density at radius 2 is 2.15 bits per heavy atom. The van der Waals surface area contributed by atoms with Crippen molar-refractivity contribution in [2.24, 2.45) is 0 Å². The number of benzene rings is 1. The number of thioether (sulfide) groups is 1. The van der Waals surface area contributed by atoms with Gasteiger partial charge in [0, 0.05) is 23.4 Å². The fraction of sp³-hybridized carbons (Fsp3) is 0.176. The van der Waals surface area contributed by atoms with Crippen molar-refractivity contribution >= 4 is 28.1 Å². The van der Waals surface area contributed by atoms with E-state index in [1.807, 2.05) is 5.38 Å². The molecule has 0 spiro atoms. The van der Waals surface area contributed by atoms with Crippen LogP contribution in [-0.4, -0.2) is 19.6 Å². The van der Waals surface area contributed by atoms with Crippen molar-refractivity contribution in [2.45, 2.75) is 24.0 Å². The molecule has 138 valence electrons. The van der Waals surface area contributed by atoms with E-state index < -0.39 is 6.10 Å². The third-order valence-corrected chi connectivity index (χ3v) is 5.20. The SMILES string of the molecule is C[C@@H](Oc1ccc(F)cc1)c1nnc(SCc2cc(=O)n3ccsc3n2)o1. The predicted octanol–water partition coefficient (Wildman–Crippen LogP) is 3.71. The smallest absolute Gasteiger partial charge is 0.277 e. The average Bonchev–Trinajstić information content (AvgIpc) is 3.31. The van der Waals surface area contributed by atoms with Gasteiger partial charge in [-0.2, -0.15) is 0 Å². The van der Waals surface area contributed by atoms with Crippen molar-refractivity contribution in [1.29, 1.82) is 0 Å². The Kier molecular flexibility index (Phi) is 4.90. The minimum absolute atomic E-state index is 0.121. The second kappa shape index (κ2) is 7.49. The zero-order valence-corrected chi connectivity index (χ0v) is 15.7. The molecule has 27 heavy (non-hydrogen) atoms. The largest absolute Gasteiger partial charge is 0.481 e. The topological polar surface area (TPSA) is 82.5 Å². The number of rotatable bonds is 6. The van der Waals surface area contributed by atoms with Crippen molar-refractivity contribution in [3.05, 3.63) is 69.7 Å². The molecule has 0 amide bonds. The van der Waals surface area contributed by atoms with Gasteiger partial charge in [0.1, 0.15) is 11.6 Å². The van der Waals surface area contributed by atoms with Crippen LogP contribution in [-0.2, 0) is 5.75 Å². The number of hydrogen-bond acceptors (Lipinski definition) is 8. The molecule has 3 aromatic heterocycles. The first-order valence-corrected chi connectivity index (χ1v) is 9.79. The summed E-state index contributed by atoms with van der Waals surface area (Å²) in [6.45, 7) is 1.76. The number of fused-ring (bicyclic) bond motifs is 1. The normalized spacial score (nSPS) is 12.4. The number of hydrogen-bond donors (Lipinski definition) is 0. The fourth-order valence-electron chi connectivity index (χ4n) is 2.31. The molecule has 0 bridgehead atoms. The molecule has 4 rings (SSSR count). The molecule has 1 atom stereocenters. The highest BCUT2D eigenvalue weighted by Gasteiger charge is 2.16. The lowest BCUT2D eigenvalue weighted by molar-refractivity contribution is 0.181. The molecular formula is C17H13FN4O3S2. The van der Waals surface area contributed by atoms with Gasteiger partial charge in [-0.25, -0.2) is 9.37 Å². The molecule has 7 nitrogen and oxygen atoms in total. The van der Waals surface area contributed by atoms with Gasteiger partial charge >= 0.3 is 0 Å². The van der Waals surface area contributed by atoms with Gasteiger partial charge in [-0.15, -0.1) is 21.5 Å². The van der Waals surface area contributed by atoms with Gasteiger partial charge in [0.15, 0.2) is 11.1 Å². The molecule has 0 unspecified atom stereocenters. The summed E-state index contributed by atoms with van der Waals surface area (Å²) in [5.41, 5.74) is 0.521. The Bertz CT molecular complexity index is 1120. The van der Waals surface area contributed by atoms with Gasteiger partial charge in [-0.3, -0.25) is 9.20 Å². The molecule has 0 saturated carbocycles. The third-order valence-electron chi connectivity index (χ3n) is 3.60. The van der Waals surface area contributed by atoms with E-state index in [0.29, 0.717) is 33.3 Å². The summed E-state index contributed by atoms with van der Waals surface area (Å²) >= 11 is 2.69. The number of aromatic nitrogens is 4. The average molecular weight is 404 g/mol. The summed E-state index contributed by atoms with van der Waals surface area (Å²) in [4.78, 5) is 17.1. The second-order valence-corrected chi connectivity index (χ2v) is 7.35. The zero-order chi connectivity index (χ0) is 18.8. The molecule has 10 heteroatoms. The Balaban J connectivity index is 1.41. The Labute approximate surface area is 160 Å². The maximum absolute atomic E-state index is 12.9. The van der Waals surface area contributed by atoms with Crippen LogP contribution in [0.3, 0.4) is 0 Å². The molecule has 0 N–H and O–H groups in total. The second-order valence-electron chi connectivity index (χ2n) is 5.55. The van der Waals surface area contributed by atoms with Crippen molar-refractivity contribution in [1.82, 2.24) is 19.6 Å². The number of nitrogens with zero attached hydrogens (tertiary/aromatic N) is 4. The molecule has 4 aromatic rings. The van der Waals surface area contributed by atoms with E-state index in [-0.39, 0.29) is 11.4 Å². The number of ether oxygens (including phenoxy) is 1.